The topological polar surface area (TPSA) is 137 Å². The summed E-state index contributed by atoms with van der Waals surface area (Å²) in [4.78, 5) is 23.6. The van der Waals surface area contributed by atoms with Crippen molar-refractivity contribution < 1.29 is 4.57 Å². The lowest BCUT2D eigenvalue weighted by atomic mass is 10.0. The molecule has 10 heterocycles. The van der Waals surface area contributed by atoms with Crippen LogP contribution < -0.4 is 4.57 Å². The van der Waals surface area contributed by atoms with Gasteiger partial charge in [0.15, 0.2) is 17.5 Å². The van der Waals surface area contributed by atoms with E-state index in [1.165, 1.54) is 98.0 Å². The summed E-state index contributed by atoms with van der Waals surface area (Å²) in [5.41, 5.74) is 25.1. The van der Waals surface area contributed by atoms with Crippen LogP contribution in [0.3, 0.4) is 0 Å². The van der Waals surface area contributed by atoms with Crippen molar-refractivity contribution >= 4 is 109 Å². The van der Waals surface area contributed by atoms with Gasteiger partial charge in [-0.15, -0.1) is 10.2 Å². The van der Waals surface area contributed by atoms with Gasteiger partial charge in [-0.05, 0) is 169 Å². The summed E-state index contributed by atoms with van der Waals surface area (Å²) >= 11 is 0. The van der Waals surface area contributed by atoms with Gasteiger partial charge in [-0.25, -0.2) is 19.9 Å². The Kier molecular flexibility index (Phi) is 20.9. The zero-order chi connectivity index (χ0) is 90.2. The maximum Gasteiger partial charge on any atom is 0.332 e. The molecular weight excluding hydrogens is 1660 g/mol. The molecule has 0 radical (unpaired) electrons. The predicted octanol–water partition coefficient (Wildman–Crippen LogP) is 28.5. The summed E-state index contributed by atoms with van der Waals surface area (Å²) in [7, 11) is 0. The minimum atomic E-state index is 0.733. The molecular formula is C121H82N15+. The van der Waals surface area contributed by atoms with Crippen molar-refractivity contribution in [2.24, 2.45) is 0 Å². The highest BCUT2D eigenvalue weighted by molar-refractivity contribution is 6.13. The lowest BCUT2D eigenvalue weighted by Gasteiger charge is -2.13. The van der Waals surface area contributed by atoms with Crippen LogP contribution in [0.25, 0.3) is 217 Å². The van der Waals surface area contributed by atoms with Gasteiger partial charge in [0.05, 0.1) is 66.1 Å². The van der Waals surface area contributed by atoms with E-state index in [0.717, 1.165) is 119 Å². The Morgan fingerprint density at radius 1 is 0.213 bits per heavy atom. The van der Waals surface area contributed by atoms with Crippen LogP contribution in [0.1, 0.15) is 0 Å². The molecule has 0 saturated heterocycles. The third kappa shape index (κ3) is 14.9. The first kappa shape index (κ1) is 80.6. The maximum atomic E-state index is 5.02. The number of nitrogens with zero attached hydrogens (tertiary/aromatic N) is 15. The van der Waals surface area contributed by atoms with E-state index in [4.69, 9.17) is 15.1 Å². The normalized spacial score (nSPS) is 11.4. The van der Waals surface area contributed by atoms with E-state index >= 15 is 0 Å². The first-order chi connectivity index (χ1) is 67.5. The van der Waals surface area contributed by atoms with Gasteiger partial charge >= 0.3 is 5.82 Å². The summed E-state index contributed by atoms with van der Waals surface area (Å²) in [6, 6.07) is 164. The summed E-state index contributed by atoms with van der Waals surface area (Å²) < 4.78 is 15.3. The maximum absolute atomic E-state index is 5.02. The molecule has 136 heavy (non-hydrogen) atoms. The lowest BCUT2D eigenvalue weighted by molar-refractivity contribution is -0.584. The second-order valence-electron chi connectivity index (χ2n) is 33.3. The minimum Gasteiger partial charge on any atom is -0.309 e. The van der Waals surface area contributed by atoms with E-state index in [2.05, 4.69) is 418 Å². The molecule has 0 unspecified atom stereocenters. The predicted molar refractivity (Wildman–Crippen MR) is 553 cm³/mol. The van der Waals surface area contributed by atoms with Crippen LogP contribution in [0.5, 0.6) is 0 Å². The fourth-order valence-electron chi connectivity index (χ4n) is 19.1. The van der Waals surface area contributed by atoms with Gasteiger partial charge in [-0.3, -0.25) is 9.55 Å². The Hall–Kier alpha value is -18.7. The number of fused-ring (bicyclic) bond motifs is 14. The van der Waals surface area contributed by atoms with Crippen molar-refractivity contribution in [1.82, 2.24) is 67.7 Å². The van der Waals surface area contributed by atoms with Crippen LogP contribution in [0.4, 0.5) is 0 Å². The van der Waals surface area contributed by atoms with Crippen molar-refractivity contribution in [2.45, 2.75) is 0 Å². The van der Waals surface area contributed by atoms with Gasteiger partial charge in [0.25, 0.3) is 0 Å². The van der Waals surface area contributed by atoms with Gasteiger partial charge in [0.1, 0.15) is 11.4 Å². The molecule has 0 fully saturated rings. The third-order valence-corrected chi connectivity index (χ3v) is 25.3. The summed E-state index contributed by atoms with van der Waals surface area (Å²) in [6.45, 7) is 0. The number of benzene rings is 17. The molecule has 15 nitrogen and oxygen atoms in total. The lowest BCUT2D eigenvalue weighted by Crippen LogP contribution is -2.31. The highest BCUT2D eigenvalue weighted by atomic mass is 15.4. The first-order valence-corrected chi connectivity index (χ1v) is 45.4. The highest BCUT2D eigenvalue weighted by Gasteiger charge is 2.26. The fourth-order valence-corrected chi connectivity index (χ4v) is 19.1. The highest BCUT2D eigenvalue weighted by Crippen LogP contribution is 2.40. The molecule has 27 aromatic rings. The van der Waals surface area contributed by atoms with E-state index in [1.54, 1.807) is 17.1 Å². The number of hydrogen-bond acceptors (Lipinski definition) is 8. The Labute approximate surface area is 782 Å². The molecule has 27 rings (SSSR count). The second-order valence-corrected chi connectivity index (χ2v) is 33.3. The molecule has 640 valence electrons. The zero-order valence-corrected chi connectivity index (χ0v) is 73.6. The van der Waals surface area contributed by atoms with Crippen LogP contribution in [-0.2, 0) is 0 Å². The zero-order valence-electron chi connectivity index (χ0n) is 73.6. The average Bonchev–Trinajstić information content (AvgIpc) is 0.843. The SMILES string of the molecule is c1ccc(-c2nc(-c3ccc(-n4c5ccccc5c5ccccc54)cc3)nc3ccccc23)cc1.c1ccc(-c2nn(-c3ccccn3)c[n+]2-c2ccc(-n3c4ccccc4c4ccccc43)cc2)nc1.c1ccc(-c2nnc(-c3ccccc3)n2-c2ccc(-n3c4ccccc4c4ccccc43)cc2)cc1.c1ccc2c(-c3ccc(-n4c5ccccc5c5ccccc54)cc3)nccc2c1. The Balaban J connectivity index is 0.0000000995. The Morgan fingerprint density at radius 3 is 0.971 bits per heavy atom. The third-order valence-electron chi connectivity index (χ3n) is 25.3. The van der Waals surface area contributed by atoms with Crippen LogP contribution in [0.15, 0.2) is 498 Å². The molecule has 0 saturated carbocycles. The van der Waals surface area contributed by atoms with Gasteiger partial charge in [-0.1, -0.05) is 308 Å². The number of rotatable bonds is 13. The quantitative estimate of drug-likeness (QED) is 0.104. The smallest absolute Gasteiger partial charge is 0.309 e. The number of pyridine rings is 3. The summed E-state index contributed by atoms with van der Waals surface area (Å²) in [5, 5.41) is 27.6. The van der Waals surface area contributed by atoms with E-state index in [-0.39, 0.29) is 0 Å². The van der Waals surface area contributed by atoms with Gasteiger partial charge in [0, 0.05) is 135 Å². The van der Waals surface area contributed by atoms with Crippen LogP contribution in [0.2, 0.25) is 0 Å². The largest absolute Gasteiger partial charge is 0.332 e. The first-order valence-electron chi connectivity index (χ1n) is 45.4. The molecule has 10 aromatic heterocycles. The van der Waals surface area contributed by atoms with E-state index in [9.17, 15) is 0 Å². The van der Waals surface area contributed by atoms with E-state index in [1.807, 2.05) is 120 Å². The summed E-state index contributed by atoms with van der Waals surface area (Å²) in [6.07, 6.45) is 7.38. The standard InChI is InChI=1S/C32H22N4.C32H21N3.C30H21N6.C27H18N2/c1-3-11-23(12-4-1)31-33-34-32(24-13-5-2-6-14-24)36(31)26-21-19-25(20-22-26)35-29-17-9-7-15-27(29)28-16-8-10-18-30(28)35;1-2-10-22(11-3-1)31-27-14-4-7-15-28(27)33-32(34-31)23-18-20-24(21-19-23)35-29-16-8-5-12-25(29)26-13-6-9-17-30(26)35;1-3-12-27-24(9-1)25-10-2-4-13-28(25)36(27)23-17-15-22(16-18-23)34-21-35(29-14-6-8-20-32-29)33-30(34)26-11-5-7-19-31-26;1-2-8-22-19(7-1)17-18-28-27(22)20-13-15-21(16-14-20)29-25-11-5-3-9-23(25)24-10-4-6-12-26(24)29/h1-22H;1-21H;1-21H;1-18H/q;;+1;. The molecule has 17 aromatic carbocycles. The van der Waals surface area contributed by atoms with Gasteiger partial charge in [-0.2, -0.15) is 4.57 Å². The van der Waals surface area contributed by atoms with Crippen molar-refractivity contribution in [3.63, 3.8) is 0 Å². The molecule has 0 aliphatic rings. The van der Waals surface area contributed by atoms with Crippen molar-refractivity contribution in [2.75, 3.05) is 0 Å². The van der Waals surface area contributed by atoms with Crippen molar-refractivity contribution in [3.8, 4) is 108 Å². The Bertz CT molecular complexity index is 8740. The minimum absolute atomic E-state index is 0.733. The average molecular weight is 1750 g/mol. The van der Waals surface area contributed by atoms with Crippen LogP contribution >= 0.6 is 0 Å². The second kappa shape index (κ2) is 35.3. The Morgan fingerprint density at radius 2 is 0.551 bits per heavy atom. The molecule has 0 aliphatic heterocycles. The van der Waals surface area contributed by atoms with Gasteiger partial charge < -0.3 is 18.3 Å². The van der Waals surface area contributed by atoms with E-state index in [0.29, 0.717) is 0 Å². The molecule has 0 bridgehead atoms. The molecule has 0 atom stereocenters. The van der Waals surface area contributed by atoms with Crippen molar-refractivity contribution in [3.05, 3.63) is 498 Å². The van der Waals surface area contributed by atoms with Gasteiger partial charge in [0.2, 0.25) is 12.1 Å². The molecule has 15 heteroatoms. The number of para-hydroxylation sites is 9. The van der Waals surface area contributed by atoms with Crippen molar-refractivity contribution in [1.29, 1.82) is 0 Å². The number of aromatic nitrogens is 15. The van der Waals surface area contributed by atoms with E-state index < -0.39 is 0 Å². The number of hydrogen-bond donors (Lipinski definition) is 0. The summed E-state index contributed by atoms with van der Waals surface area (Å²) in [5.74, 6) is 3.86. The van der Waals surface area contributed by atoms with Crippen LogP contribution in [0, 0.1) is 0 Å². The molecule has 0 amide bonds. The fraction of sp³-hybridized carbons (Fsp3) is 0. The molecule has 0 spiro atoms. The van der Waals surface area contributed by atoms with Crippen LogP contribution in [-0.4, -0.2) is 67.7 Å². The molecule has 0 aliphatic carbocycles. The molecule has 0 N–H and O–H groups in total. The monoisotopic (exact) mass is 1740 g/mol.